The van der Waals surface area contributed by atoms with Gasteiger partial charge in [0.2, 0.25) is 0 Å². The number of nitrogens with zero attached hydrogens (tertiary/aromatic N) is 4. The number of fused-ring (bicyclic) bond motifs is 1. The van der Waals surface area contributed by atoms with Crippen molar-refractivity contribution in [3.05, 3.63) is 54.4 Å². The van der Waals surface area contributed by atoms with E-state index in [1.165, 1.54) is 0 Å². The van der Waals surface area contributed by atoms with Crippen molar-refractivity contribution >= 4 is 21.5 Å². The number of anilines is 1. The molecule has 0 aliphatic carbocycles. The highest BCUT2D eigenvalue weighted by atomic mass is 32.2. The molecule has 0 amide bonds. The molecule has 2 aliphatic rings. The van der Waals surface area contributed by atoms with Crippen LogP contribution in [0.5, 0.6) is 0 Å². The van der Waals surface area contributed by atoms with Crippen LogP contribution < -0.4 is 5.32 Å². The molecule has 27 heavy (non-hydrogen) atoms. The fourth-order valence-electron chi connectivity index (χ4n) is 3.51. The molecule has 3 heterocycles. The second kappa shape index (κ2) is 7.75. The van der Waals surface area contributed by atoms with E-state index in [4.69, 9.17) is 0 Å². The minimum absolute atomic E-state index is 0.242. The number of aromatic nitrogens is 1. The summed E-state index contributed by atoms with van der Waals surface area (Å²) in [5.74, 6) is 0.492. The molecule has 2 aromatic rings. The zero-order valence-electron chi connectivity index (χ0n) is 15.1. The minimum Gasteiger partial charge on any atom is -0.341 e. The third kappa shape index (κ3) is 4.35. The monoisotopic (exact) mass is 385 g/mol. The van der Waals surface area contributed by atoms with Gasteiger partial charge < -0.3 is 5.32 Å². The predicted octanol–water partition coefficient (Wildman–Crippen LogP) is 1.80. The van der Waals surface area contributed by atoms with Crippen LogP contribution in [-0.2, 0) is 16.6 Å². The van der Waals surface area contributed by atoms with Crippen LogP contribution in [0.1, 0.15) is 12.1 Å². The zero-order chi connectivity index (χ0) is 18.7. The number of pyridine rings is 1. The number of rotatable bonds is 4. The summed E-state index contributed by atoms with van der Waals surface area (Å²) in [6.07, 6.45) is 2.86. The molecule has 0 bridgehead atoms. The van der Waals surface area contributed by atoms with Gasteiger partial charge in [-0.2, -0.15) is 8.42 Å². The van der Waals surface area contributed by atoms with Crippen LogP contribution in [-0.4, -0.2) is 61.8 Å². The lowest BCUT2D eigenvalue weighted by atomic mass is 10.3. The zero-order valence-corrected chi connectivity index (χ0v) is 15.9. The van der Waals surface area contributed by atoms with Gasteiger partial charge in [0.05, 0.1) is 17.9 Å². The van der Waals surface area contributed by atoms with E-state index in [1.807, 2.05) is 30.5 Å². The third-order valence-electron chi connectivity index (χ3n) is 4.84. The number of hydrogen-bond donors (Lipinski definition) is 1. The van der Waals surface area contributed by atoms with E-state index < -0.39 is 10.0 Å². The maximum atomic E-state index is 12.4. The molecule has 0 unspecified atom stereocenters. The Morgan fingerprint density at radius 2 is 1.67 bits per heavy atom. The Hall–Kier alpha value is -2.29. The second-order valence-electron chi connectivity index (χ2n) is 6.86. The van der Waals surface area contributed by atoms with Crippen LogP contribution in [0.15, 0.2) is 58.0 Å². The number of amidine groups is 1. The van der Waals surface area contributed by atoms with Crippen molar-refractivity contribution in [3.8, 4) is 0 Å². The summed E-state index contributed by atoms with van der Waals surface area (Å²) >= 11 is 0. The van der Waals surface area contributed by atoms with Crippen LogP contribution in [0.2, 0.25) is 0 Å². The number of benzene rings is 1. The van der Waals surface area contributed by atoms with Gasteiger partial charge in [0.15, 0.2) is 0 Å². The molecule has 0 saturated carbocycles. The molecule has 1 saturated heterocycles. The van der Waals surface area contributed by atoms with Gasteiger partial charge >= 0.3 is 0 Å². The quantitative estimate of drug-likeness (QED) is 0.865. The standard InChI is InChI=1S/C19H23N5O2S/c25-27(26)18-8-2-1-7-17(18)21-19(22-27)15-24-11-5-10-23(12-13-24)14-16-6-3-4-9-20-16/h1-4,6-9H,5,10-15H2,(H,21,22). The summed E-state index contributed by atoms with van der Waals surface area (Å²) < 4.78 is 28.8. The topological polar surface area (TPSA) is 77.9 Å². The SMILES string of the molecule is O=S1(=O)N=C(CN2CCCN(Cc3ccccn3)CC2)Nc2ccccc21. The molecule has 4 rings (SSSR count). The van der Waals surface area contributed by atoms with Crippen LogP contribution in [0.3, 0.4) is 0 Å². The van der Waals surface area contributed by atoms with Crippen molar-refractivity contribution < 1.29 is 8.42 Å². The summed E-state index contributed by atoms with van der Waals surface area (Å²) in [5.41, 5.74) is 1.68. The number of nitrogens with one attached hydrogen (secondary N) is 1. The average Bonchev–Trinajstić information content (AvgIpc) is 2.87. The van der Waals surface area contributed by atoms with Crippen molar-refractivity contribution in [1.29, 1.82) is 0 Å². The lowest BCUT2D eigenvalue weighted by Gasteiger charge is -2.24. The highest BCUT2D eigenvalue weighted by molar-refractivity contribution is 7.90. The molecule has 7 nitrogen and oxygen atoms in total. The summed E-state index contributed by atoms with van der Waals surface area (Å²) in [4.78, 5) is 9.30. The largest absolute Gasteiger partial charge is 0.341 e. The summed E-state index contributed by atoms with van der Waals surface area (Å²) in [7, 11) is -3.62. The van der Waals surface area contributed by atoms with Gasteiger partial charge in [0, 0.05) is 25.8 Å². The Morgan fingerprint density at radius 3 is 2.44 bits per heavy atom. The molecule has 2 aliphatic heterocycles. The molecule has 0 spiro atoms. The summed E-state index contributed by atoms with van der Waals surface area (Å²) in [6, 6.07) is 12.9. The molecule has 1 fully saturated rings. The predicted molar refractivity (Wildman–Crippen MR) is 105 cm³/mol. The second-order valence-corrected chi connectivity index (χ2v) is 8.43. The van der Waals surface area contributed by atoms with E-state index in [0.717, 1.165) is 44.8 Å². The Bertz CT molecular complexity index is 930. The van der Waals surface area contributed by atoms with Crippen molar-refractivity contribution in [1.82, 2.24) is 14.8 Å². The molecule has 142 valence electrons. The Morgan fingerprint density at radius 1 is 0.926 bits per heavy atom. The van der Waals surface area contributed by atoms with Crippen LogP contribution in [0.25, 0.3) is 0 Å². The van der Waals surface area contributed by atoms with Gasteiger partial charge in [-0.25, -0.2) is 0 Å². The van der Waals surface area contributed by atoms with E-state index in [1.54, 1.807) is 18.2 Å². The molecule has 0 atom stereocenters. The highest BCUT2D eigenvalue weighted by Gasteiger charge is 2.25. The van der Waals surface area contributed by atoms with Gasteiger partial charge in [-0.05, 0) is 43.8 Å². The van der Waals surface area contributed by atoms with E-state index in [0.29, 0.717) is 18.1 Å². The van der Waals surface area contributed by atoms with Crippen molar-refractivity contribution in [2.75, 3.05) is 38.0 Å². The fourth-order valence-corrected chi connectivity index (χ4v) is 4.65. The van der Waals surface area contributed by atoms with Crippen molar-refractivity contribution in [3.63, 3.8) is 0 Å². The molecule has 0 radical (unpaired) electrons. The van der Waals surface area contributed by atoms with E-state index in [9.17, 15) is 8.42 Å². The van der Waals surface area contributed by atoms with Crippen LogP contribution in [0.4, 0.5) is 5.69 Å². The summed E-state index contributed by atoms with van der Waals surface area (Å²) in [6.45, 7) is 5.07. The molecular formula is C19H23N5O2S. The first-order chi connectivity index (χ1) is 13.1. The van der Waals surface area contributed by atoms with Gasteiger partial charge in [-0.15, -0.1) is 4.40 Å². The van der Waals surface area contributed by atoms with E-state index in [-0.39, 0.29) is 4.90 Å². The van der Waals surface area contributed by atoms with Gasteiger partial charge in [0.25, 0.3) is 10.0 Å². The average molecular weight is 385 g/mol. The van der Waals surface area contributed by atoms with Crippen LogP contribution >= 0.6 is 0 Å². The maximum absolute atomic E-state index is 12.4. The Labute approximate surface area is 159 Å². The highest BCUT2D eigenvalue weighted by Crippen LogP contribution is 2.26. The molecule has 1 N–H and O–H groups in total. The first kappa shape index (κ1) is 18.1. The lowest BCUT2D eigenvalue weighted by Crippen LogP contribution is -2.38. The minimum atomic E-state index is -3.62. The third-order valence-corrected chi connectivity index (χ3v) is 6.21. The van der Waals surface area contributed by atoms with Gasteiger partial charge in [0.1, 0.15) is 10.7 Å². The van der Waals surface area contributed by atoms with Gasteiger partial charge in [-0.3, -0.25) is 14.8 Å². The molecular weight excluding hydrogens is 362 g/mol. The van der Waals surface area contributed by atoms with E-state index >= 15 is 0 Å². The van der Waals surface area contributed by atoms with E-state index in [2.05, 4.69) is 24.5 Å². The Kier molecular flexibility index (Phi) is 5.20. The lowest BCUT2D eigenvalue weighted by molar-refractivity contribution is 0.262. The normalized spacial score (nSPS) is 20.2. The number of para-hydroxylation sites is 1. The van der Waals surface area contributed by atoms with Crippen molar-refractivity contribution in [2.45, 2.75) is 17.9 Å². The van der Waals surface area contributed by atoms with Crippen molar-refractivity contribution in [2.24, 2.45) is 4.40 Å². The number of sulfonamides is 1. The first-order valence-corrected chi connectivity index (χ1v) is 10.6. The van der Waals surface area contributed by atoms with Crippen LogP contribution in [0, 0.1) is 0 Å². The first-order valence-electron chi connectivity index (χ1n) is 9.15. The molecule has 1 aromatic heterocycles. The maximum Gasteiger partial charge on any atom is 0.286 e. The smallest absolute Gasteiger partial charge is 0.286 e. The van der Waals surface area contributed by atoms with Gasteiger partial charge in [-0.1, -0.05) is 18.2 Å². The Balaban J connectivity index is 1.39. The fraction of sp³-hybridized carbons (Fsp3) is 0.368. The molecule has 1 aromatic carbocycles. The molecule has 8 heteroatoms. The summed E-state index contributed by atoms with van der Waals surface area (Å²) in [5, 5.41) is 3.18. The number of hydrogen-bond acceptors (Lipinski definition) is 6.